The molecule has 0 aromatic rings. The molecule has 0 amide bonds. The molecule has 0 radical (unpaired) electrons. The molecule has 1 aliphatic carbocycles. The SMILES string of the molecule is FC(F)(CCBr)C1CCC1. The first kappa shape index (κ1) is 8.44. The van der Waals surface area contributed by atoms with Crippen LogP contribution >= 0.6 is 15.9 Å². The van der Waals surface area contributed by atoms with E-state index in [0.717, 1.165) is 19.3 Å². The van der Waals surface area contributed by atoms with E-state index in [1.54, 1.807) is 0 Å². The molecule has 0 heterocycles. The Morgan fingerprint density at radius 1 is 1.40 bits per heavy atom. The molecule has 1 saturated carbocycles. The molecule has 1 rings (SSSR count). The normalized spacial score (nSPS) is 20.7. The monoisotopic (exact) mass is 212 g/mol. The van der Waals surface area contributed by atoms with Crippen molar-refractivity contribution in [2.24, 2.45) is 5.92 Å². The van der Waals surface area contributed by atoms with E-state index in [4.69, 9.17) is 0 Å². The zero-order valence-corrected chi connectivity index (χ0v) is 7.33. The fraction of sp³-hybridized carbons (Fsp3) is 1.00. The van der Waals surface area contributed by atoms with Gasteiger partial charge in [0, 0.05) is 17.7 Å². The van der Waals surface area contributed by atoms with E-state index in [1.807, 2.05) is 0 Å². The first-order chi connectivity index (χ1) is 4.67. The largest absolute Gasteiger partial charge is 0.251 e. The maximum atomic E-state index is 12.8. The second-order valence-electron chi connectivity index (χ2n) is 2.83. The topological polar surface area (TPSA) is 0 Å². The van der Waals surface area contributed by atoms with Crippen LogP contribution in [0, 0.1) is 5.92 Å². The summed E-state index contributed by atoms with van der Waals surface area (Å²) < 4.78 is 25.7. The van der Waals surface area contributed by atoms with Crippen LogP contribution in [0.15, 0.2) is 0 Å². The van der Waals surface area contributed by atoms with Gasteiger partial charge in [-0.3, -0.25) is 0 Å². The van der Waals surface area contributed by atoms with Gasteiger partial charge in [-0.1, -0.05) is 22.4 Å². The smallest absolute Gasteiger partial charge is 0.207 e. The van der Waals surface area contributed by atoms with Crippen LogP contribution in [0.4, 0.5) is 8.78 Å². The third kappa shape index (κ3) is 1.68. The molecular formula is C7H11BrF2. The van der Waals surface area contributed by atoms with Crippen molar-refractivity contribution in [3.63, 3.8) is 0 Å². The Bertz CT molecular complexity index is 110. The molecule has 0 spiro atoms. The van der Waals surface area contributed by atoms with Gasteiger partial charge in [0.05, 0.1) is 0 Å². The summed E-state index contributed by atoms with van der Waals surface area (Å²) in [4.78, 5) is 0. The fourth-order valence-corrected chi connectivity index (χ4v) is 1.69. The summed E-state index contributed by atoms with van der Waals surface area (Å²) in [5.74, 6) is -2.72. The Kier molecular flexibility index (Phi) is 2.67. The van der Waals surface area contributed by atoms with Gasteiger partial charge in [-0.25, -0.2) is 8.78 Å². The van der Waals surface area contributed by atoms with Crippen LogP contribution in [0.5, 0.6) is 0 Å². The van der Waals surface area contributed by atoms with Gasteiger partial charge in [0.15, 0.2) is 0 Å². The average molecular weight is 213 g/mol. The predicted molar refractivity (Wildman–Crippen MR) is 40.7 cm³/mol. The van der Waals surface area contributed by atoms with Crippen LogP contribution in [0.2, 0.25) is 0 Å². The highest BCUT2D eigenvalue weighted by molar-refractivity contribution is 9.09. The second-order valence-corrected chi connectivity index (χ2v) is 3.62. The molecule has 1 fully saturated rings. The predicted octanol–water partition coefficient (Wildman–Crippen LogP) is 3.21. The van der Waals surface area contributed by atoms with Crippen molar-refractivity contribution in [1.29, 1.82) is 0 Å². The number of alkyl halides is 3. The van der Waals surface area contributed by atoms with Gasteiger partial charge in [-0.2, -0.15) is 0 Å². The Labute approximate surface area is 68.1 Å². The van der Waals surface area contributed by atoms with Crippen LogP contribution < -0.4 is 0 Å². The molecule has 0 bridgehead atoms. The summed E-state index contributed by atoms with van der Waals surface area (Å²) in [5.41, 5.74) is 0. The van der Waals surface area contributed by atoms with Crippen molar-refractivity contribution in [2.45, 2.75) is 31.6 Å². The molecule has 0 aromatic heterocycles. The first-order valence-electron chi connectivity index (χ1n) is 3.60. The Morgan fingerprint density at radius 3 is 2.30 bits per heavy atom. The lowest BCUT2D eigenvalue weighted by atomic mass is 9.79. The van der Waals surface area contributed by atoms with Crippen molar-refractivity contribution >= 4 is 15.9 Å². The summed E-state index contributed by atoms with van der Waals surface area (Å²) >= 11 is 3.03. The maximum Gasteiger partial charge on any atom is 0.251 e. The van der Waals surface area contributed by atoms with Gasteiger partial charge in [-0.05, 0) is 12.8 Å². The highest BCUT2D eigenvalue weighted by Crippen LogP contribution is 2.41. The molecule has 0 aromatic carbocycles. The second kappa shape index (κ2) is 3.16. The quantitative estimate of drug-likeness (QED) is 0.631. The van der Waals surface area contributed by atoms with Crippen LogP contribution in [0.3, 0.4) is 0 Å². The zero-order valence-electron chi connectivity index (χ0n) is 5.75. The van der Waals surface area contributed by atoms with Crippen molar-refractivity contribution in [3.05, 3.63) is 0 Å². The molecule has 0 aliphatic heterocycles. The average Bonchev–Trinajstić information content (AvgIpc) is 1.56. The minimum Gasteiger partial charge on any atom is -0.207 e. The molecule has 0 N–H and O–H groups in total. The Balaban J connectivity index is 2.33. The van der Waals surface area contributed by atoms with E-state index >= 15 is 0 Å². The summed E-state index contributed by atoms with van der Waals surface area (Å²) in [6.07, 6.45) is 2.43. The van der Waals surface area contributed by atoms with Crippen molar-refractivity contribution < 1.29 is 8.78 Å². The van der Waals surface area contributed by atoms with Gasteiger partial charge in [0.2, 0.25) is 0 Å². The Morgan fingerprint density at radius 2 is 2.00 bits per heavy atom. The molecule has 0 saturated heterocycles. The highest BCUT2D eigenvalue weighted by atomic mass is 79.9. The molecule has 0 atom stereocenters. The van der Waals surface area contributed by atoms with Gasteiger partial charge >= 0.3 is 0 Å². The van der Waals surface area contributed by atoms with E-state index in [1.165, 1.54) is 0 Å². The van der Waals surface area contributed by atoms with Crippen LogP contribution in [-0.4, -0.2) is 11.3 Å². The van der Waals surface area contributed by atoms with Crippen molar-refractivity contribution in [1.82, 2.24) is 0 Å². The van der Waals surface area contributed by atoms with Crippen molar-refractivity contribution in [3.8, 4) is 0 Å². The first-order valence-corrected chi connectivity index (χ1v) is 4.73. The van der Waals surface area contributed by atoms with Gasteiger partial charge in [0.1, 0.15) is 0 Å². The fourth-order valence-electron chi connectivity index (χ4n) is 1.16. The summed E-state index contributed by atoms with van der Waals surface area (Å²) in [6, 6.07) is 0. The molecular weight excluding hydrogens is 202 g/mol. The number of halogens is 3. The van der Waals surface area contributed by atoms with Gasteiger partial charge in [0.25, 0.3) is 5.92 Å². The van der Waals surface area contributed by atoms with Gasteiger partial charge < -0.3 is 0 Å². The van der Waals surface area contributed by atoms with Crippen LogP contribution in [0.1, 0.15) is 25.7 Å². The molecule has 0 nitrogen and oxygen atoms in total. The van der Waals surface area contributed by atoms with E-state index in [9.17, 15) is 8.78 Å². The lowest BCUT2D eigenvalue weighted by Gasteiger charge is -2.32. The van der Waals surface area contributed by atoms with Crippen molar-refractivity contribution in [2.75, 3.05) is 5.33 Å². The Hall–Kier alpha value is 0.340. The summed E-state index contributed by atoms with van der Waals surface area (Å²) in [6.45, 7) is 0. The number of rotatable bonds is 3. The molecule has 0 unspecified atom stereocenters. The maximum absolute atomic E-state index is 12.8. The minimum atomic E-state index is -2.40. The third-order valence-electron chi connectivity index (χ3n) is 2.13. The molecule has 60 valence electrons. The van der Waals surface area contributed by atoms with E-state index in [-0.39, 0.29) is 12.3 Å². The highest BCUT2D eigenvalue weighted by Gasteiger charge is 2.41. The van der Waals surface area contributed by atoms with Gasteiger partial charge in [-0.15, -0.1) is 0 Å². The van der Waals surface area contributed by atoms with Crippen LogP contribution in [0.25, 0.3) is 0 Å². The summed E-state index contributed by atoms with van der Waals surface area (Å²) in [7, 11) is 0. The molecule has 3 heteroatoms. The third-order valence-corrected chi connectivity index (χ3v) is 2.53. The lowest BCUT2D eigenvalue weighted by Crippen LogP contribution is -2.33. The minimum absolute atomic E-state index is 0.00231. The molecule has 1 aliphatic rings. The van der Waals surface area contributed by atoms with E-state index < -0.39 is 5.92 Å². The lowest BCUT2D eigenvalue weighted by molar-refractivity contribution is -0.0883. The number of hydrogen-bond acceptors (Lipinski definition) is 0. The van der Waals surface area contributed by atoms with E-state index in [0.29, 0.717) is 5.33 Å². The van der Waals surface area contributed by atoms with Crippen LogP contribution in [-0.2, 0) is 0 Å². The molecule has 10 heavy (non-hydrogen) atoms. The zero-order chi connectivity index (χ0) is 7.61. The standard InChI is InChI=1S/C7H11BrF2/c8-5-4-7(9,10)6-2-1-3-6/h6H,1-5H2. The van der Waals surface area contributed by atoms with E-state index in [2.05, 4.69) is 15.9 Å². The summed E-state index contributed by atoms with van der Waals surface area (Å²) in [5, 5.41) is 0.413. The number of hydrogen-bond donors (Lipinski definition) is 0.